The number of carbonyl (C=O) groups excluding carboxylic acids is 1. The Morgan fingerprint density at radius 2 is 1.69 bits per heavy atom. The van der Waals surface area contributed by atoms with Gasteiger partial charge in [-0.25, -0.2) is 8.42 Å². The Kier molecular flexibility index (Phi) is 7.05. The predicted octanol–water partition coefficient (Wildman–Crippen LogP) is 4.91. The summed E-state index contributed by atoms with van der Waals surface area (Å²) in [5.74, 6) is -0.239. The number of carbonyl (C=O) groups is 1. The van der Waals surface area contributed by atoms with Crippen LogP contribution in [0, 0.1) is 5.92 Å². The molecule has 0 atom stereocenters. The van der Waals surface area contributed by atoms with Gasteiger partial charge in [-0.1, -0.05) is 59.6 Å². The third-order valence-corrected chi connectivity index (χ3v) is 8.37. The molecule has 1 N–H and O–H groups in total. The summed E-state index contributed by atoms with van der Waals surface area (Å²) in [4.78, 5) is 12.9. The number of benzene rings is 3. The van der Waals surface area contributed by atoms with Crippen molar-refractivity contribution >= 4 is 49.9 Å². The smallest absolute Gasteiger partial charge is 0.243 e. The number of sulfonamides is 1. The molecule has 1 aliphatic heterocycles. The van der Waals surface area contributed by atoms with Gasteiger partial charge < -0.3 is 5.32 Å². The largest absolute Gasteiger partial charge is 0.356 e. The number of nitrogens with one attached hydrogen (secondary N) is 1. The van der Waals surface area contributed by atoms with Gasteiger partial charge in [0.05, 0.1) is 4.90 Å². The lowest BCUT2D eigenvalue weighted by molar-refractivity contribution is -0.126. The molecule has 1 heterocycles. The highest BCUT2D eigenvalue weighted by Crippen LogP contribution is 2.26. The van der Waals surface area contributed by atoms with E-state index in [2.05, 4.69) is 5.32 Å². The summed E-state index contributed by atoms with van der Waals surface area (Å²) in [5.41, 5.74) is 0.924. The zero-order valence-corrected chi connectivity index (χ0v) is 19.8. The first kappa shape index (κ1) is 23.1. The van der Waals surface area contributed by atoms with Gasteiger partial charge in [0.25, 0.3) is 0 Å². The van der Waals surface area contributed by atoms with Crippen LogP contribution in [0.25, 0.3) is 10.8 Å². The van der Waals surface area contributed by atoms with Crippen LogP contribution in [0.15, 0.2) is 65.6 Å². The number of hydrogen-bond donors (Lipinski definition) is 1. The molecule has 0 aromatic heterocycles. The van der Waals surface area contributed by atoms with E-state index in [9.17, 15) is 13.2 Å². The van der Waals surface area contributed by atoms with E-state index in [1.807, 2.05) is 36.4 Å². The Bertz CT molecular complexity index is 1240. The second kappa shape index (κ2) is 9.79. The molecule has 8 heteroatoms. The third kappa shape index (κ3) is 5.09. The lowest BCUT2D eigenvalue weighted by atomic mass is 9.97. The highest BCUT2D eigenvalue weighted by molar-refractivity contribution is 7.89. The first-order chi connectivity index (χ1) is 15.3. The fourth-order valence-electron chi connectivity index (χ4n) is 4.02. The first-order valence-corrected chi connectivity index (χ1v) is 12.7. The number of amides is 1. The van der Waals surface area contributed by atoms with Crippen LogP contribution in [0.1, 0.15) is 18.4 Å². The van der Waals surface area contributed by atoms with Crippen molar-refractivity contribution < 1.29 is 13.2 Å². The molecule has 1 fully saturated rings. The average Bonchev–Trinajstić information content (AvgIpc) is 2.80. The molecule has 0 unspecified atom stereocenters. The third-order valence-electron chi connectivity index (χ3n) is 5.89. The van der Waals surface area contributed by atoms with Crippen LogP contribution in [-0.4, -0.2) is 38.3 Å². The Morgan fingerprint density at radius 1 is 0.969 bits per heavy atom. The number of nitrogens with zero attached hydrogens (tertiary/aromatic N) is 1. The summed E-state index contributed by atoms with van der Waals surface area (Å²) in [6.07, 6.45) is 1.61. The van der Waals surface area contributed by atoms with Crippen molar-refractivity contribution in [3.63, 3.8) is 0 Å². The van der Waals surface area contributed by atoms with Gasteiger partial charge in [-0.05, 0) is 59.9 Å². The second-order valence-corrected chi connectivity index (χ2v) is 10.7. The summed E-state index contributed by atoms with van der Waals surface area (Å²) < 4.78 is 27.7. The molecule has 1 amide bonds. The number of rotatable bonds is 6. The monoisotopic (exact) mass is 490 g/mol. The van der Waals surface area contributed by atoms with Gasteiger partial charge in [-0.3, -0.25) is 4.79 Å². The molecular formula is C24H24Cl2N2O3S. The van der Waals surface area contributed by atoms with Crippen molar-refractivity contribution in [2.75, 3.05) is 19.6 Å². The molecule has 0 spiro atoms. The van der Waals surface area contributed by atoms with E-state index in [0.29, 0.717) is 53.8 Å². The molecule has 3 aromatic carbocycles. The maximum atomic E-state index is 13.1. The van der Waals surface area contributed by atoms with E-state index in [0.717, 1.165) is 16.3 Å². The Labute approximate surface area is 198 Å². The number of piperidine rings is 1. The Hall–Kier alpha value is -2.12. The molecule has 0 bridgehead atoms. The number of fused-ring (bicyclic) bond motifs is 1. The topological polar surface area (TPSA) is 66.5 Å². The lowest BCUT2D eigenvalue weighted by Gasteiger charge is -2.30. The summed E-state index contributed by atoms with van der Waals surface area (Å²) in [6, 6.07) is 18.2. The molecule has 1 aliphatic rings. The highest BCUT2D eigenvalue weighted by atomic mass is 35.5. The fourth-order valence-corrected chi connectivity index (χ4v) is 6.03. The Balaban J connectivity index is 1.32. The summed E-state index contributed by atoms with van der Waals surface area (Å²) >= 11 is 12.1. The molecule has 0 aliphatic carbocycles. The molecular weight excluding hydrogens is 467 g/mol. The standard InChI is InChI=1S/C24H24Cl2N2O3S/c25-21-7-5-18(23(26)16-21)9-12-27-24(29)19-10-13-28(14-11-19)32(30,31)22-8-6-17-3-1-2-4-20(17)15-22/h1-8,15-16,19H,9-14H2,(H,27,29). The zero-order valence-electron chi connectivity index (χ0n) is 17.4. The summed E-state index contributed by atoms with van der Waals surface area (Å²) in [5, 5.41) is 6.00. The SMILES string of the molecule is O=C(NCCc1ccc(Cl)cc1Cl)C1CCN(S(=O)(=O)c2ccc3ccccc3c2)CC1. The molecule has 4 rings (SSSR count). The Morgan fingerprint density at radius 3 is 2.41 bits per heavy atom. The van der Waals surface area contributed by atoms with E-state index in [-0.39, 0.29) is 11.8 Å². The van der Waals surface area contributed by atoms with Crippen molar-refractivity contribution in [3.05, 3.63) is 76.3 Å². The highest BCUT2D eigenvalue weighted by Gasteiger charge is 2.32. The van der Waals surface area contributed by atoms with Crippen molar-refractivity contribution in [1.82, 2.24) is 9.62 Å². The fraction of sp³-hybridized carbons (Fsp3) is 0.292. The van der Waals surface area contributed by atoms with Crippen LogP contribution in [-0.2, 0) is 21.2 Å². The van der Waals surface area contributed by atoms with E-state index in [1.165, 1.54) is 4.31 Å². The molecule has 0 radical (unpaired) electrons. The molecule has 1 saturated heterocycles. The minimum Gasteiger partial charge on any atom is -0.356 e. The van der Waals surface area contributed by atoms with E-state index in [4.69, 9.17) is 23.2 Å². The van der Waals surface area contributed by atoms with Gasteiger partial charge in [0.2, 0.25) is 15.9 Å². The van der Waals surface area contributed by atoms with Gasteiger partial charge >= 0.3 is 0 Å². The maximum Gasteiger partial charge on any atom is 0.243 e. The van der Waals surface area contributed by atoms with Crippen LogP contribution >= 0.6 is 23.2 Å². The van der Waals surface area contributed by atoms with E-state index < -0.39 is 10.0 Å². The van der Waals surface area contributed by atoms with Crippen molar-refractivity contribution in [1.29, 1.82) is 0 Å². The minimum atomic E-state index is -3.59. The van der Waals surface area contributed by atoms with Crippen molar-refractivity contribution in [2.45, 2.75) is 24.2 Å². The number of hydrogen-bond acceptors (Lipinski definition) is 3. The first-order valence-electron chi connectivity index (χ1n) is 10.6. The average molecular weight is 491 g/mol. The van der Waals surface area contributed by atoms with E-state index >= 15 is 0 Å². The zero-order chi connectivity index (χ0) is 22.7. The second-order valence-electron chi connectivity index (χ2n) is 7.96. The van der Waals surface area contributed by atoms with Crippen molar-refractivity contribution in [2.24, 2.45) is 5.92 Å². The quantitative estimate of drug-likeness (QED) is 0.533. The predicted molar refractivity (Wildman–Crippen MR) is 129 cm³/mol. The number of halogens is 2. The van der Waals surface area contributed by atoms with Gasteiger partial charge in [0.15, 0.2) is 0 Å². The van der Waals surface area contributed by atoms with Crippen LogP contribution < -0.4 is 5.32 Å². The van der Waals surface area contributed by atoms with Gasteiger partial charge in [0, 0.05) is 35.6 Å². The van der Waals surface area contributed by atoms with Gasteiger partial charge in [-0.15, -0.1) is 0 Å². The van der Waals surface area contributed by atoms with Crippen LogP contribution in [0.2, 0.25) is 10.0 Å². The van der Waals surface area contributed by atoms with Crippen LogP contribution in [0.4, 0.5) is 0 Å². The van der Waals surface area contributed by atoms with Crippen LogP contribution in [0.5, 0.6) is 0 Å². The molecule has 5 nitrogen and oxygen atoms in total. The van der Waals surface area contributed by atoms with Gasteiger partial charge in [0.1, 0.15) is 0 Å². The molecule has 168 valence electrons. The summed E-state index contributed by atoms with van der Waals surface area (Å²) in [7, 11) is -3.59. The summed E-state index contributed by atoms with van der Waals surface area (Å²) in [6.45, 7) is 1.13. The molecule has 3 aromatic rings. The normalized spacial score (nSPS) is 15.7. The van der Waals surface area contributed by atoms with Crippen LogP contribution in [0.3, 0.4) is 0 Å². The van der Waals surface area contributed by atoms with Crippen molar-refractivity contribution in [3.8, 4) is 0 Å². The minimum absolute atomic E-state index is 0.0437. The van der Waals surface area contributed by atoms with Gasteiger partial charge in [-0.2, -0.15) is 4.31 Å². The maximum absolute atomic E-state index is 13.1. The molecule has 0 saturated carbocycles. The van der Waals surface area contributed by atoms with E-state index in [1.54, 1.807) is 24.3 Å². The lowest BCUT2D eigenvalue weighted by Crippen LogP contribution is -2.43. The molecule has 32 heavy (non-hydrogen) atoms.